The molecule has 2 aliphatic heterocycles. The topological polar surface area (TPSA) is 64.8 Å². The normalized spacial score (nSPS) is 26.9. The molecule has 0 saturated carbocycles. The van der Waals surface area contributed by atoms with Gasteiger partial charge in [-0.15, -0.1) is 0 Å². The Morgan fingerprint density at radius 1 is 1.13 bits per heavy atom. The van der Waals surface area contributed by atoms with Gasteiger partial charge < -0.3 is 20.1 Å². The molecule has 0 aromatic heterocycles. The van der Waals surface area contributed by atoms with Crippen LogP contribution in [0.15, 0.2) is 24.3 Å². The molecule has 126 valence electrons. The number of rotatable bonds is 2. The van der Waals surface area contributed by atoms with E-state index in [1.807, 2.05) is 49.9 Å². The standard InChI is InChI=1S/C18H26N2O3/c1-18(2,3)23-17(21)20-13-6-7-14(20)11-16(10-13)22-15-8-4-12(19)5-9-15/h4-5,8-9,13-14,16H,6-7,10-11,19H2,1-3H3. The molecule has 0 spiro atoms. The fourth-order valence-corrected chi connectivity index (χ4v) is 3.57. The highest BCUT2D eigenvalue weighted by Crippen LogP contribution is 2.38. The first-order valence-electron chi connectivity index (χ1n) is 8.35. The Kier molecular flexibility index (Phi) is 4.13. The van der Waals surface area contributed by atoms with E-state index >= 15 is 0 Å². The number of piperidine rings is 1. The number of ether oxygens (including phenoxy) is 2. The summed E-state index contributed by atoms with van der Waals surface area (Å²) in [5, 5.41) is 0. The first-order chi connectivity index (χ1) is 10.8. The molecule has 2 heterocycles. The van der Waals surface area contributed by atoms with E-state index in [0.717, 1.165) is 37.1 Å². The first kappa shape index (κ1) is 16.0. The fraction of sp³-hybridized carbons (Fsp3) is 0.611. The van der Waals surface area contributed by atoms with Crippen LogP contribution >= 0.6 is 0 Å². The first-order valence-corrected chi connectivity index (χ1v) is 8.35. The minimum absolute atomic E-state index is 0.148. The Bertz CT molecular complexity index is 551. The highest BCUT2D eigenvalue weighted by atomic mass is 16.6. The van der Waals surface area contributed by atoms with Crippen LogP contribution in [0.25, 0.3) is 0 Å². The van der Waals surface area contributed by atoms with E-state index in [4.69, 9.17) is 15.2 Å². The smallest absolute Gasteiger partial charge is 0.410 e. The van der Waals surface area contributed by atoms with Gasteiger partial charge in [0.15, 0.2) is 0 Å². The second-order valence-corrected chi connectivity index (χ2v) is 7.55. The molecule has 5 heteroatoms. The molecule has 23 heavy (non-hydrogen) atoms. The lowest BCUT2D eigenvalue weighted by Gasteiger charge is -2.39. The summed E-state index contributed by atoms with van der Waals surface area (Å²) in [4.78, 5) is 14.4. The number of hydrogen-bond acceptors (Lipinski definition) is 4. The Hall–Kier alpha value is -1.91. The number of hydrogen-bond donors (Lipinski definition) is 1. The summed E-state index contributed by atoms with van der Waals surface area (Å²) in [6, 6.07) is 7.94. The zero-order valence-corrected chi connectivity index (χ0v) is 14.1. The lowest BCUT2D eigenvalue weighted by atomic mass is 10.00. The number of carbonyl (C=O) groups is 1. The van der Waals surface area contributed by atoms with Crippen LogP contribution in [0, 0.1) is 0 Å². The maximum Gasteiger partial charge on any atom is 0.410 e. The molecule has 1 aromatic rings. The zero-order valence-electron chi connectivity index (χ0n) is 14.1. The van der Waals surface area contributed by atoms with Gasteiger partial charge >= 0.3 is 6.09 Å². The van der Waals surface area contributed by atoms with E-state index in [-0.39, 0.29) is 24.3 Å². The zero-order chi connectivity index (χ0) is 16.6. The largest absolute Gasteiger partial charge is 0.490 e. The van der Waals surface area contributed by atoms with Gasteiger partial charge in [-0.1, -0.05) is 0 Å². The number of benzene rings is 1. The van der Waals surface area contributed by atoms with Gasteiger partial charge in [-0.2, -0.15) is 0 Å². The quantitative estimate of drug-likeness (QED) is 0.847. The van der Waals surface area contributed by atoms with Crippen molar-refractivity contribution in [3.63, 3.8) is 0 Å². The SMILES string of the molecule is CC(C)(C)OC(=O)N1C2CCC1CC(Oc1ccc(N)cc1)C2. The van der Waals surface area contributed by atoms with Crippen LogP contribution in [0.2, 0.25) is 0 Å². The summed E-state index contributed by atoms with van der Waals surface area (Å²) in [6.07, 6.45) is 3.75. The van der Waals surface area contributed by atoms with Crippen LogP contribution in [0.1, 0.15) is 46.5 Å². The number of nitrogens with zero attached hydrogens (tertiary/aromatic N) is 1. The number of anilines is 1. The van der Waals surface area contributed by atoms with E-state index < -0.39 is 5.60 Å². The summed E-state index contributed by atoms with van der Waals surface area (Å²) in [6.45, 7) is 5.72. The lowest BCUT2D eigenvalue weighted by molar-refractivity contribution is -0.00707. The van der Waals surface area contributed by atoms with Crippen molar-refractivity contribution in [2.45, 2.75) is 70.2 Å². The molecule has 2 atom stereocenters. The van der Waals surface area contributed by atoms with Crippen molar-refractivity contribution < 1.29 is 14.3 Å². The van der Waals surface area contributed by atoms with Crippen molar-refractivity contribution in [1.82, 2.24) is 4.90 Å². The lowest BCUT2D eigenvalue weighted by Crippen LogP contribution is -2.50. The summed E-state index contributed by atoms with van der Waals surface area (Å²) in [5.41, 5.74) is 5.99. The molecule has 2 unspecified atom stereocenters. The summed E-state index contributed by atoms with van der Waals surface area (Å²) in [7, 11) is 0. The summed E-state index contributed by atoms with van der Waals surface area (Å²) >= 11 is 0. The van der Waals surface area contributed by atoms with Gasteiger partial charge in [0, 0.05) is 30.6 Å². The Balaban J connectivity index is 1.62. The van der Waals surface area contributed by atoms with Crippen molar-refractivity contribution in [3.05, 3.63) is 24.3 Å². The van der Waals surface area contributed by atoms with Crippen LogP contribution in [0.3, 0.4) is 0 Å². The third kappa shape index (κ3) is 3.71. The van der Waals surface area contributed by atoms with Gasteiger partial charge in [-0.05, 0) is 57.9 Å². The average Bonchev–Trinajstić information content (AvgIpc) is 2.72. The summed E-state index contributed by atoms with van der Waals surface area (Å²) < 4.78 is 11.6. The summed E-state index contributed by atoms with van der Waals surface area (Å²) in [5.74, 6) is 0.842. The molecule has 2 saturated heterocycles. The number of carbonyl (C=O) groups excluding carboxylic acids is 1. The predicted octanol–water partition coefficient (Wildman–Crippen LogP) is 3.58. The Morgan fingerprint density at radius 3 is 2.22 bits per heavy atom. The van der Waals surface area contributed by atoms with Gasteiger partial charge in [-0.3, -0.25) is 0 Å². The van der Waals surface area contributed by atoms with Crippen molar-refractivity contribution in [2.24, 2.45) is 0 Å². The second-order valence-electron chi connectivity index (χ2n) is 7.55. The molecule has 2 aliphatic rings. The molecule has 2 bridgehead atoms. The molecule has 2 fully saturated rings. The fourth-order valence-electron chi connectivity index (χ4n) is 3.57. The molecule has 5 nitrogen and oxygen atoms in total. The molecule has 2 N–H and O–H groups in total. The molecule has 1 amide bonds. The molecule has 0 radical (unpaired) electrons. The van der Waals surface area contributed by atoms with Crippen molar-refractivity contribution in [3.8, 4) is 5.75 Å². The minimum atomic E-state index is -0.451. The third-order valence-electron chi connectivity index (χ3n) is 4.48. The van der Waals surface area contributed by atoms with Crippen LogP contribution in [-0.2, 0) is 4.74 Å². The number of nitrogen functional groups attached to an aromatic ring is 1. The maximum absolute atomic E-state index is 12.4. The molecule has 3 rings (SSSR count). The van der Waals surface area contributed by atoms with E-state index in [1.54, 1.807) is 0 Å². The highest BCUT2D eigenvalue weighted by Gasteiger charge is 2.45. The van der Waals surface area contributed by atoms with E-state index in [1.165, 1.54) is 0 Å². The number of nitrogens with two attached hydrogens (primary N) is 1. The Labute approximate surface area is 137 Å². The van der Waals surface area contributed by atoms with E-state index in [9.17, 15) is 4.79 Å². The minimum Gasteiger partial charge on any atom is -0.490 e. The van der Waals surface area contributed by atoms with Crippen LogP contribution in [0.5, 0.6) is 5.75 Å². The molecular weight excluding hydrogens is 292 g/mol. The number of amides is 1. The second kappa shape index (κ2) is 5.95. The van der Waals surface area contributed by atoms with Gasteiger partial charge in [0.2, 0.25) is 0 Å². The van der Waals surface area contributed by atoms with Crippen molar-refractivity contribution >= 4 is 11.8 Å². The monoisotopic (exact) mass is 318 g/mol. The number of fused-ring (bicyclic) bond motifs is 2. The predicted molar refractivity (Wildman–Crippen MR) is 89.4 cm³/mol. The Morgan fingerprint density at radius 2 is 1.70 bits per heavy atom. The van der Waals surface area contributed by atoms with Crippen LogP contribution in [0.4, 0.5) is 10.5 Å². The van der Waals surface area contributed by atoms with Crippen molar-refractivity contribution in [2.75, 3.05) is 5.73 Å². The maximum atomic E-state index is 12.4. The van der Waals surface area contributed by atoms with Gasteiger partial charge in [0.05, 0.1) is 0 Å². The van der Waals surface area contributed by atoms with Gasteiger partial charge in [0.1, 0.15) is 17.5 Å². The molecular formula is C18H26N2O3. The van der Waals surface area contributed by atoms with E-state index in [0.29, 0.717) is 0 Å². The molecule has 1 aromatic carbocycles. The van der Waals surface area contributed by atoms with Gasteiger partial charge in [-0.25, -0.2) is 4.79 Å². The van der Waals surface area contributed by atoms with Gasteiger partial charge in [0.25, 0.3) is 0 Å². The average molecular weight is 318 g/mol. The molecule has 0 aliphatic carbocycles. The highest BCUT2D eigenvalue weighted by molar-refractivity contribution is 5.69. The van der Waals surface area contributed by atoms with Crippen LogP contribution in [-0.4, -0.2) is 34.8 Å². The third-order valence-corrected chi connectivity index (χ3v) is 4.48. The van der Waals surface area contributed by atoms with Crippen LogP contribution < -0.4 is 10.5 Å². The van der Waals surface area contributed by atoms with Crippen molar-refractivity contribution in [1.29, 1.82) is 0 Å². The van der Waals surface area contributed by atoms with E-state index in [2.05, 4.69) is 0 Å².